The highest BCUT2D eigenvalue weighted by atomic mass is 35.5. The normalized spacial score (nSPS) is 10.7. The van der Waals surface area contributed by atoms with Crippen LogP contribution in [0.3, 0.4) is 0 Å². The first-order chi connectivity index (χ1) is 4.11. The van der Waals surface area contributed by atoms with E-state index in [0.29, 0.717) is 0 Å². The molecule has 1 aromatic rings. The molecule has 10 heavy (non-hydrogen) atoms. The Bertz CT molecular complexity index is 179. The van der Waals surface area contributed by atoms with Crippen LogP contribution in [0.15, 0.2) is 16.8 Å². The molecule has 0 aliphatic heterocycles. The van der Waals surface area contributed by atoms with Gasteiger partial charge in [-0.15, -0.1) is 12.4 Å². The van der Waals surface area contributed by atoms with E-state index in [1.807, 2.05) is 0 Å². The molecular formula is C5H4ClF3S. The van der Waals surface area contributed by atoms with Crippen molar-refractivity contribution >= 4 is 23.7 Å². The summed E-state index contributed by atoms with van der Waals surface area (Å²) in [5, 5.41) is 2.49. The molecule has 0 unspecified atom stereocenters. The fourth-order valence-corrected chi connectivity index (χ4v) is 1.09. The average Bonchev–Trinajstić information content (AvgIpc) is 2.08. The van der Waals surface area contributed by atoms with Crippen LogP contribution >= 0.6 is 23.7 Å². The second-order valence-corrected chi connectivity index (χ2v) is 2.29. The Hall–Kier alpha value is -0.220. The average molecular weight is 189 g/mol. The minimum absolute atomic E-state index is 0. The second-order valence-electron chi connectivity index (χ2n) is 1.51. The van der Waals surface area contributed by atoms with Crippen LogP contribution in [-0.4, -0.2) is 0 Å². The Labute approximate surface area is 66.1 Å². The molecule has 0 radical (unpaired) electrons. The first-order valence-corrected chi connectivity index (χ1v) is 3.14. The minimum atomic E-state index is -4.17. The van der Waals surface area contributed by atoms with Gasteiger partial charge < -0.3 is 0 Å². The summed E-state index contributed by atoms with van der Waals surface area (Å²) in [6.45, 7) is 0. The van der Waals surface area contributed by atoms with E-state index in [9.17, 15) is 13.2 Å². The molecule has 1 heterocycles. The summed E-state index contributed by atoms with van der Waals surface area (Å²) in [6, 6.07) is 1.06. The number of thiophene rings is 1. The molecule has 0 fully saturated rings. The van der Waals surface area contributed by atoms with Crippen molar-refractivity contribution in [1.82, 2.24) is 0 Å². The minimum Gasteiger partial charge on any atom is -0.166 e. The van der Waals surface area contributed by atoms with Crippen molar-refractivity contribution in [2.45, 2.75) is 6.18 Å². The Morgan fingerprint density at radius 3 is 2.10 bits per heavy atom. The summed E-state index contributed by atoms with van der Waals surface area (Å²) >= 11 is 1.05. The predicted molar refractivity (Wildman–Crippen MR) is 36.6 cm³/mol. The van der Waals surface area contributed by atoms with Crippen LogP contribution in [0, 0.1) is 0 Å². The molecule has 0 saturated carbocycles. The van der Waals surface area contributed by atoms with Crippen LogP contribution in [0.2, 0.25) is 0 Å². The molecule has 0 N–H and O–H groups in total. The highest BCUT2D eigenvalue weighted by Gasteiger charge is 2.30. The van der Waals surface area contributed by atoms with Gasteiger partial charge >= 0.3 is 6.18 Å². The lowest BCUT2D eigenvalue weighted by atomic mass is 10.3. The molecule has 1 rings (SSSR count). The molecule has 0 saturated heterocycles. The first-order valence-electron chi connectivity index (χ1n) is 2.20. The largest absolute Gasteiger partial charge is 0.417 e. The van der Waals surface area contributed by atoms with Gasteiger partial charge in [0.1, 0.15) is 0 Å². The van der Waals surface area contributed by atoms with E-state index in [1.165, 1.54) is 5.38 Å². The van der Waals surface area contributed by atoms with Gasteiger partial charge in [-0.2, -0.15) is 24.5 Å². The zero-order chi connectivity index (χ0) is 6.91. The van der Waals surface area contributed by atoms with Gasteiger partial charge in [-0.25, -0.2) is 0 Å². The van der Waals surface area contributed by atoms with Gasteiger partial charge in [0.05, 0.1) is 5.56 Å². The van der Waals surface area contributed by atoms with Crippen molar-refractivity contribution in [1.29, 1.82) is 0 Å². The molecule has 0 aliphatic rings. The van der Waals surface area contributed by atoms with E-state index in [1.54, 1.807) is 0 Å². The molecule has 0 amide bonds. The Balaban J connectivity index is 0.000000810. The monoisotopic (exact) mass is 188 g/mol. The summed E-state index contributed by atoms with van der Waals surface area (Å²) in [4.78, 5) is 0. The van der Waals surface area contributed by atoms with Crippen LogP contribution in [-0.2, 0) is 6.18 Å². The number of halogens is 4. The molecule has 0 atom stereocenters. The molecule has 5 heteroatoms. The highest BCUT2D eigenvalue weighted by Crippen LogP contribution is 2.30. The van der Waals surface area contributed by atoms with Gasteiger partial charge in [0, 0.05) is 5.38 Å². The summed E-state index contributed by atoms with van der Waals surface area (Å²) in [6.07, 6.45) is -4.17. The number of rotatable bonds is 0. The van der Waals surface area contributed by atoms with Crippen molar-refractivity contribution < 1.29 is 13.2 Å². The van der Waals surface area contributed by atoms with Gasteiger partial charge in [0.15, 0.2) is 0 Å². The second kappa shape index (κ2) is 3.25. The van der Waals surface area contributed by atoms with Crippen LogP contribution in [0.4, 0.5) is 13.2 Å². The Kier molecular flexibility index (Phi) is 3.18. The maximum absolute atomic E-state index is 11.6. The Morgan fingerprint density at radius 2 is 1.90 bits per heavy atom. The van der Waals surface area contributed by atoms with E-state index in [4.69, 9.17) is 0 Å². The smallest absolute Gasteiger partial charge is 0.166 e. The molecule has 0 nitrogen and oxygen atoms in total. The van der Waals surface area contributed by atoms with Gasteiger partial charge in [-0.05, 0) is 11.4 Å². The topological polar surface area (TPSA) is 0 Å². The van der Waals surface area contributed by atoms with Crippen molar-refractivity contribution in [2.24, 2.45) is 0 Å². The van der Waals surface area contributed by atoms with E-state index in [-0.39, 0.29) is 12.4 Å². The van der Waals surface area contributed by atoms with Crippen molar-refractivity contribution in [2.75, 3.05) is 0 Å². The molecule has 58 valence electrons. The van der Waals surface area contributed by atoms with Gasteiger partial charge in [-0.1, -0.05) is 0 Å². The fraction of sp³-hybridized carbons (Fsp3) is 0.200. The summed E-state index contributed by atoms with van der Waals surface area (Å²) in [5.74, 6) is 0. The number of alkyl halides is 3. The quantitative estimate of drug-likeness (QED) is 0.587. The number of hydrogen-bond acceptors (Lipinski definition) is 1. The third kappa shape index (κ3) is 2.19. The predicted octanol–water partition coefficient (Wildman–Crippen LogP) is 3.19. The lowest BCUT2D eigenvalue weighted by molar-refractivity contribution is -0.137. The van der Waals surface area contributed by atoms with Crippen molar-refractivity contribution in [3.05, 3.63) is 22.4 Å². The molecule has 0 aromatic carbocycles. The fourth-order valence-electron chi connectivity index (χ4n) is 0.426. The van der Waals surface area contributed by atoms with Gasteiger partial charge in [-0.3, -0.25) is 0 Å². The lowest BCUT2D eigenvalue weighted by Crippen LogP contribution is -2.01. The SMILES string of the molecule is Cl.FC(F)(F)c1ccsc1. The Morgan fingerprint density at radius 1 is 1.30 bits per heavy atom. The van der Waals surface area contributed by atoms with E-state index in [0.717, 1.165) is 22.8 Å². The third-order valence-electron chi connectivity index (χ3n) is 0.849. The van der Waals surface area contributed by atoms with Gasteiger partial charge in [0.25, 0.3) is 0 Å². The number of hydrogen-bond donors (Lipinski definition) is 0. The molecule has 1 aromatic heterocycles. The zero-order valence-electron chi connectivity index (χ0n) is 4.68. The lowest BCUT2D eigenvalue weighted by Gasteiger charge is -1.99. The zero-order valence-corrected chi connectivity index (χ0v) is 6.32. The van der Waals surface area contributed by atoms with Crippen molar-refractivity contribution in [3.63, 3.8) is 0 Å². The molecule has 0 spiro atoms. The van der Waals surface area contributed by atoms with E-state index >= 15 is 0 Å². The van der Waals surface area contributed by atoms with Crippen LogP contribution in [0.1, 0.15) is 5.56 Å². The van der Waals surface area contributed by atoms with E-state index in [2.05, 4.69) is 0 Å². The van der Waals surface area contributed by atoms with Crippen LogP contribution in [0.25, 0.3) is 0 Å². The van der Waals surface area contributed by atoms with Gasteiger partial charge in [0.2, 0.25) is 0 Å². The molecule has 0 bridgehead atoms. The van der Waals surface area contributed by atoms with E-state index < -0.39 is 11.7 Å². The van der Waals surface area contributed by atoms with Crippen molar-refractivity contribution in [3.8, 4) is 0 Å². The standard InChI is InChI=1S/C5H3F3S.ClH/c6-5(7,8)4-1-2-9-3-4;/h1-3H;1H. The third-order valence-corrected chi connectivity index (χ3v) is 1.53. The summed E-state index contributed by atoms with van der Waals surface area (Å²) in [5.41, 5.74) is -0.563. The summed E-state index contributed by atoms with van der Waals surface area (Å²) in [7, 11) is 0. The summed E-state index contributed by atoms with van der Waals surface area (Å²) < 4.78 is 34.9. The van der Waals surface area contributed by atoms with Crippen LogP contribution in [0.5, 0.6) is 0 Å². The first kappa shape index (κ1) is 9.78. The molecule has 0 aliphatic carbocycles. The maximum Gasteiger partial charge on any atom is 0.417 e. The van der Waals surface area contributed by atoms with Crippen LogP contribution < -0.4 is 0 Å². The highest BCUT2D eigenvalue weighted by molar-refractivity contribution is 7.07. The maximum atomic E-state index is 11.6. The molecular weight excluding hydrogens is 185 g/mol.